The van der Waals surface area contributed by atoms with Crippen LogP contribution < -0.4 is 11.1 Å². The van der Waals surface area contributed by atoms with Crippen molar-refractivity contribution in [1.82, 2.24) is 15.1 Å². The number of hydrogen-bond donors (Lipinski definition) is 2. The molecule has 0 saturated carbocycles. The molecule has 112 valence electrons. The van der Waals surface area contributed by atoms with Crippen molar-refractivity contribution in [2.45, 2.75) is 23.8 Å². The van der Waals surface area contributed by atoms with Gasteiger partial charge >= 0.3 is 0 Å². The molecule has 3 N–H and O–H groups in total. The van der Waals surface area contributed by atoms with E-state index in [1.807, 2.05) is 19.1 Å². The first kappa shape index (κ1) is 14.4. The topological polar surface area (TPSA) is 89.9 Å². The molecular weight excluding hydrogens is 298 g/mol. The number of nitrogens with zero attached hydrogens (tertiary/aromatic N) is 3. The van der Waals surface area contributed by atoms with Crippen LogP contribution in [0.1, 0.15) is 11.3 Å². The zero-order valence-corrected chi connectivity index (χ0v) is 13.0. The quantitative estimate of drug-likeness (QED) is 0.712. The number of rotatable bonds is 4. The molecule has 0 unspecified atom stereocenters. The lowest BCUT2D eigenvalue weighted by atomic mass is 10.2. The van der Waals surface area contributed by atoms with Crippen molar-refractivity contribution >= 4 is 29.1 Å². The van der Waals surface area contributed by atoms with E-state index >= 15 is 0 Å². The molecule has 0 fully saturated rings. The molecule has 3 rings (SSSR count). The lowest BCUT2D eigenvalue weighted by Crippen LogP contribution is -2.02. The fraction of sp³-hybridized carbons (Fsp3) is 0.133. The Morgan fingerprint density at radius 3 is 2.59 bits per heavy atom. The Labute approximate surface area is 132 Å². The summed E-state index contributed by atoms with van der Waals surface area (Å²) in [5, 5.41) is 7.60. The van der Waals surface area contributed by atoms with Gasteiger partial charge in [0.25, 0.3) is 0 Å². The molecule has 3 aromatic rings. The third-order valence-electron chi connectivity index (χ3n) is 2.96. The first-order chi connectivity index (χ1) is 10.6. The smallest absolute Gasteiger partial charge is 0.175 e. The molecule has 2 aromatic heterocycles. The Balaban J connectivity index is 1.83. The molecule has 22 heavy (non-hydrogen) atoms. The highest BCUT2D eigenvalue weighted by Crippen LogP contribution is 2.33. The highest BCUT2D eigenvalue weighted by molar-refractivity contribution is 7.99. The molecule has 0 radical (unpaired) electrons. The van der Waals surface area contributed by atoms with Gasteiger partial charge in [-0.1, -0.05) is 34.6 Å². The first-order valence-corrected chi connectivity index (χ1v) is 7.49. The molecule has 0 saturated heterocycles. The van der Waals surface area contributed by atoms with E-state index in [4.69, 9.17) is 10.3 Å². The van der Waals surface area contributed by atoms with Crippen molar-refractivity contribution in [3.63, 3.8) is 0 Å². The molecular formula is C15H15N5OS. The van der Waals surface area contributed by atoms with Crippen LogP contribution in [0.25, 0.3) is 0 Å². The van der Waals surface area contributed by atoms with Crippen LogP contribution in [0.2, 0.25) is 0 Å². The molecule has 1 aromatic carbocycles. The number of hydrogen-bond acceptors (Lipinski definition) is 7. The SMILES string of the molecule is Cc1ccc(Sc2ncnc(Nc3cc(C)on3)c2N)cc1. The molecule has 7 heteroatoms. The van der Waals surface area contributed by atoms with Gasteiger partial charge in [0.2, 0.25) is 0 Å². The summed E-state index contributed by atoms with van der Waals surface area (Å²) in [6.45, 7) is 3.87. The highest BCUT2D eigenvalue weighted by atomic mass is 32.2. The third kappa shape index (κ3) is 3.20. The van der Waals surface area contributed by atoms with Gasteiger partial charge in [-0.05, 0) is 26.0 Å². The number of aryl methyl sites for hydroxylation is 2. The molecule has 0 aliphatic rings. The van der Waals surface area contributed by atoms with Crippen LogP contribution in [0.5, 0.6) is 0 Å². The molecule has 0 aliphatic carbocycles. The lowest BCUT2D eigenvalue weighted by molar-refractivity contribution is 0.400. The largest absolute Gasteiger partial charge is 0.394 e. The zero-order chi connectivity index (χ0) is 15.5. The van der Waals surface area contributed by atoms with Gasteiger partial charge in [0.15, 0.2) is 11.6 Å². The Morgan fingerprint density at radius 2 is 1.91 bits per heavy atom. The Bertz CT molecular complexity index is 785. The Kier molecular flexibility index (Phi) is 3.97. The second kappa shape index (κ2) is 6.07. The van der Waals surface area contributed by atoms with Gasteiger partial charge in [-0.2, -0.15) is 0 Å². The first-order valence-electron chi connectivity index (χ1n) is 6.67. The summed E-state index contributed by atoms with van der Waals surface area (Å²) in [5.74, 6) is 1.79. The summed E-state index contributed by atoms with van der Waals surface area (Å²) in [6, 6.07) is 9.95. The summed E-state index contributed by atoms with van der Waals surface area (Å²) in [6.07, 6.45) is 1.47. The number of anilines is 3. The average molecular weight is 313 g/mol. The maximum Gasteiger partial charge on any atom is 0.175 e. The van der Waals surface area contributed by atoms with Gasteiger partial charge in [0.1, 0.15) is 22.8 Å². The number of aromatic nitrogens is 3. The number of nitrogens with two attached hydrogens (primary N) is 1. The lowest BCUT2D eigenvalue weighted by Gasteiger charge is -2.09. The van der Waals surface area contributed by atoms with E-state index in [0.717, 1.165) is 4.90 Å². The standard InChI is InChI=1S/C15H15N5OS/c1-9-3-5-11(6-4-9)22-15-13(16)14(17-8-18-15)19-12-7-10(2)21-20-12/h3-8H,16H2,1-2H3,(H,17,18,19,20). The van der Waals surface area contributed by atoms with E-state index in [9.17, 15) is 0 Å². The van der Waals surface area contributed by atoms with E-state index in [2.05, 4.69) is 39.5 Å². The summed E-state index contributed by atoms with van der Waals surface area (Å²) < 4.78 is 5.01. The van der Waals surface area contributed by atoms with Crippen LogP contribution >= 0.6 is 11.8 Å². The minimum atomic E-state index is 0.480. The summed E-state index contributed by atoms with van der Waals surface area (Å²) in [7, 11) is 0. The minimum absolute atomic E-state index is 0.480. The molecule has 0 amide bonds. The molecule has 0 spiro atoms. The van der Waals surface area contributed by atoms with Crippen LogP contribution in [0.15, 0.2) is 51.1 Å². The van der Waals surface area contributed by atoms with Crippen molar-refractivity contribution in [2.75, 3.05) is 11.1 Å². The van der Waals surface area contributed by atoms with Crippen molar-refractivity contribution in [2.24, 2.45) is 0 Å². The van der Waals surface area contributed by atoms with Crippen molar-refractivity contribution in [1.29, 1.82) is 0 Å². The molecule has 0 atom stereocenters. The van der Waals surface area contributed by atoms with Crippen molar-refractivity contribution < 1.29 is 4.52 Å². The fourth-order valence-electron chi connectivity index (χ4n) is 1.82. The molecule has 2 heterocycles. The van der Waals surface area contributed by atoms with Gasteiger partial charge in [-0.25, -0.2) is 9.97 Å². The maximum absolute atomic E-state index is 6.15. The average Bonchev–Trinajstić information content (AvgIpc) is 2.91. The van der Waals surface area contributed by atoms with E-state index in [-0.39, 0.29) is 0 Å². The Hall–Kier alpha value is -2.54. The Morgan fingerprint density at radius 1 is 1.14 bits per heavy atom. The van der Waals surface area contributed by atoms with E-state index in [1.54, 1.807) is 6.07 Å². The summed E-state index contributed by atoms with van der Waals surface area (Å²) in [4.78, 5) is 9.47. The number of nitrogen functional groups attached to an aromatic ring is 1. The van der Waals surface area contributed by atoms with Crippen molar-refractivity contribution in [3.8, 4) is 0 Å². The maximum atomic E-state index is 6.15. The predicted octanol–water partition coefficient (Wildman–Crippen LogP) is 3.56. The van der Waals surface area contributed by atoms with Crippen LogP contribution in [0.3, 0.4) is 0 Å². The van der Waals surface area contributed by atoms with E-state index in [1.165, 1.54) is 23.7 Å². The second-order valence-electron chi connectivity index (χ2n) is 4.80. The zero-order valence-electron chi connectivity index (χ0n) is 12.2. The molecule has 6 nitrogen and oxygen atoms in total. The third-order valence-corrected chi connectivity index (χ3v) is 3.98. The van der Waals surface area contributed by atoms with Gasteiger partial charge in [-0.3, -0.25) is 0 Å². The van der Waals surface area contributed by atoms with E-state index < -0.39 is 0 Å². The summed E-state index contributed by atoms with van der Waals surface area (Å²) >= 11 is 1.49. The fourth-order valence-corrected chi connectivity index (χ4v) is 2.63. The van der Waals surface area contributed by atoms with Gasteiger partial charge in [0.05, 0.1) is 0 Å². The monoisotopic (exact) mass is 313 g/mol. The summed E-state index contributed by atoms with van der Waals surface area (Å²) in [5.41, 5.74) is 7.84. The number of nitrogens with one attached hydrogen (secondary N) is 1. The van der Waals surface area contributed by atoms with Crippen molar-refractivity contribution in [3.05, 3.63) is 48.0 Å². The van der Waals surface area contributed by atoms with Gasteiger partial charge < -0.3 is 15.6 Å². The normalized spacial score (nSPS) is 10.6. The number of benzene rings is 1. The highest BCUT2D eigenvalue weighted by Gasteiger charge is 2.11. The van der Waals surface area contributed by atoms with Gasteiger partial charge in [0, 0.05) is 11.0 Å². The second-order valence-corrected chi connectivity index (χ2v) is 5.87. The van der Waals surface area contributed by atoms with Crippen LogP contribution in [-0.2, 0) is 0 Å². The molecule has 0 aliphatic heterocycles. The predicted molar refractivity (Wildman–Crippen MR) is 86.3 cm³/mol. The minimum Gasteiger partial charge on any atom is -0.394 e. The van der Waals surface area contributed by atoms with E-state index in [0.29, 0.717) is 28.1 Å². The van der Waals surface area contributed by atoms with Crippen LogP contribution in [0, 0.1) is 13.8 Å². The van der Waals surface area contributed by atoms with Gasteiger partial charge in [-0.15, -0.1) is 0 Å². The van der Waals surface area contributed by atoms with Crippen LogP contribution in [-0.4, -0.2) is 15.1 Å². The van der Waals surface area contributed by atoms with Crippen LogP contribution in [0.4, 0.5) is 17.3 Å². The molecule has 0 bridgehead atoms.